The van der Waals surface area contributed by atoms with Crippen LogP contribution in [0.1, 0.15) is 12.0 Å². The van der Waals surface area contributed by atoms with E-state index in [1.165, 1.54) is 19.2 Å². The molecule has 1 amide bonds. The van der Waals surface area contributed by atoms with E-state index in [4.69, 9.17) is 10.5 Å². The van der Waals surface area contributed by atoms with Crippen LogP contribution in [0.2, 0.25) is 0 Å². The van der Waals surface area contributed by atoms with Crippen LogP contribution in [0.15, 0.2) is 24.3 Å². The van der Waals surface area contributed by atoms with E-state index >= 15 is 0 Å². The van der Waals surface area contributed by atoms with Gasteiger partial charge < -0.3 is 10.5 Å². The first-order valence-electron chi connectivity index (χ1n) is 4.42. The third kappa shape index (κ3) is 3.42. The standard InChI is InChI=1S/C11H12FNO2/c1-15-10-7-9(12)6-5-8(10)3-2-4-11(13)14/h2-3,5-7H,4H2,1H3,(H2,13,14). The van der Waals surface area contributed by atoms with Gasteiger partial charge in [-0.2, -0.15) is 0 Å². The number of methoxy groups -OCH3 is 1. The molecule has 0 aliphatic heterocycles. The van der Waals surface area contributed by atoms with Crippen molar-refractivity contribution in [2.24, 2.45) is 5.73 Å². The number of halogens is 1. The average Bonchev–Trinajstić information content (AvgIpc) is 2.19. The zero-order valence-corrected chi connectivity index (χ0v) is 8.37. The number of amides is 1. The maximum absolute atomic E-state index is 12.8. The summed E-state index contributed by atoms with van der Waals surface area (Å²) < 4.78 is 17.8. The lowest BCUT2D eigenvalue weighted by Gasteiger charge is -2.03. The van der Waals surface area contributed by atoms with Crippen molar-refractivity contribution in [3.05, 3.63) is 35.7 Å². The molecule has 1 rings (SSSR count). The Kier molecular flexibility index (Phi) is 3.85. The van der Waals surface area contributed by atoms with Crippen molar-refractivity contribution >= 4 is 12.0 Å². The Labute approximate surface area is 87.3 Å². The van der Waals surface area contributed by atoms with Gasteiger partial charge in [0.1, 0.15) is 11.6 Å². The van der Waals surface area contributed by atoms with Gasteiger partial charge in [-0.05, 0) is 12.1 Å². The van der Waals surface area contributed by atoms with Crippen LogP contribution in [-0.4, -0.2) is 13.0 Å². The van der Waals surface area contributed by atoms with Gasteiger partial charge in [-0.15, -0.1) is 0 Å². The summed E-state index contributed by atoms with van der Waals surface area (Å²) in [6.45, 7) is 0. The molecule has 80 valence electrons. The van der Waals surface area contributed by atoms with E-state index in [1.807, 2.05) is 0 Å². The number of benzene rings is 1. The SMILES string of the molecule is COc1cc(F)ccc1C=CCC(N)=O. The zero-order valence-electron chi connectivity index (χ0n) is 8.37. The van der Waals surface area contributed by atoms with Crippen LogP contribution in [0, 0.1) is 5.82 Å². The highest BCUT2D eigenvalue weighted by molar-refractivity contribution is 5.76. The van der Waals surface area contributed by atoms with Crippen molar-refractivity contribution in [3.63, 3.8) is 0 Å². The summed E-state index contributed by atoms with van der Waals surface area (Å²) >= 11 is 0. The molecule has 2 N–H and O–H groups in total. The molecular weight excluding hydrogens is 197 g/mol. The summed E-state index contributed by atoms with van der Waals surface area (Å²) in [5, 5.41) is 0. The summed E-state index contributed by atoms with van der Waals surface area (Å²) in [4.78, 5) is 10.5. The predicted molar refractivity (Wildman–Crippen MR) is 55.8 cm³/mol. The van der Waals surface area contributed by atoms with E-state index < -0.39 is 5.91 Å². The molecular formula is C11H12FNO2. The lowest BCUT2D eigenvalue weighted by atomic mass is 10.1. The molecule has 0 radical (unpaired) electrons. The Morgan fingerprint density at radius 1 is 1.60 bits per heavy atom. The quantitative estimate of drug-likeness (QED) is 0.820. The highest BCUT2D eigenvalue weighted by atomic mass is 19.1. The van der Waals surface area contributed by atoms with Crippen LogP contribution in [0.3, 0.4) is 0 Å². The van der Waals surface area contributed by atoms with Gasteiger partial charge in [0.05, 0.1) is 7.11 Å². The summed E-state index contributed by atoms with van der Waals surface area (Å²) in [5.74, 6) is -0.345. The minimum absolute atomic E-state index is 0.153. The molecule has 1 aromatic rings. The number of nitrogens with two attached hydrogens (primary N) is 1. The second-order valence-electron chi connectivity index (χ2n) is 2.96. The Morgan fingerprint density at radius 3 is 2.93 bits per heavy atom. The molecule has 0 aliphatic rings. The van der Waals surface area contributed by atoms with Crippen LogP contribution < -0.4 is 10.5 Å². The molecule has 0 bridgehead atoms. The van der Waals surface area contributed by atoms with Crippen molar-refractivity contribution in [1.29, 1.82) is 0 Å². The van der Waals surface area contributed by atoms with Crippen LogP contribution in [0.5, 0.6) is 5.75 Å². The summed E-state index contributed by atoms with van der Waals surface area (Å²) in [6.07, 6.45) is 3.43. The first-order valence-corrected chi connectivity index (χ1v) is 4.42. The number of primary amides is 1. The molecule has 0 aliphatic carbocycles. The molecule has 0 heterocycles. The van der Waals surface area contributed by atoms with Crippen LogP contribution in [0.4, 0.5) is 4.39 Å². The van der Waals surface area contributed by atoms with E-state index in [2.05, 4.69) is 0 Å². The third-order valence-corrected chi connectivity index (χ3v) is 1.81. The molecule has 0 saturated heterocycles. The van der Waals surface area contributed by atoms with Gasteiger partial charge >= 0.3 is 0 Å². The van der Waals surface area contributed by atoms with Gasteiger partial charge in [-0.25, -0.2) is 4.39 Å². The van der Waals surface area contributed by atoms with Crippen molar-refractivity contribution in [1.82, 2.24) is 0 Å². The Hall–Kier alpha value is -1.84. The summed E-state index contributed by atoms with van der Waals surface area (Å²) in [7, 11) is 1.46. The molecule has 0 saturated carbocycles. The monoisotopic (exact) mass is 209 g/mol. The smallest absolute Gasteiger partial charge is 0.221 e. The van der Waals surface area contributed by atoms with Crippen LogP contribution >= 0.6 is 0 Å². The number of hydrogen-bond acceptors (Lipinski definition) is 2. The maximum atomic E-state index is 12.8. The van der Waals surface area contributed by atoms with Crippen LogP contribution in [-0.2, 0) is 4.79 Å². The van der Waals surface area contributed by atoms with E-state index in [9.17, 15) is 9.18 Å². The van der Waals surface area contributed by atoms with E-state index in [1.54, 1.807) is 18.2 Å². The zero-order chi connectivity index (χ0) is 11.3. The molecule has 0 atom stereocenters. The molecule has 0 spiro atoms. The van der Waals surface area contributed by atoms with Crippen molar-refractivity contribution in [2.45, 2.75) is 6.42 Å². The largest absolute Gasteiger partial charge is 0.496 e. The minimum atomic E-state index is -0.410. The highest BCUT2D eigenvalue weighted by Crippen LogP contribution is 2.20. The fraction of sp³-hybridized carbons (Fsp3) is 0.182. The Bertz CT molecular complexity index is 388. The van der Waals surface area contributed by atoms with E-state index in [-0.39, 0.29) is 12.2 Å². The molecule has 4 heteroatoms. The van der Waals surface area contributed by atoms with Crippen molar-refractivity contribution in [3.8, 4) is 5.75 Å². The molecule has 3 nitrogen and oxygen atoms in total. The number of carbonyl (C=O) groups excluding carboxylic acids is 1. The molecule has 1 aromatic carbocycles. The van der Waals surface area contributed by atoms with Gasteiger partial charge in [-0.1, -0.05) is 12.2 Å². The highest BCUT2D eigenvalue weighted by Gasteiger charge is 2.00. The van der Waals surface area contributed by atoms with Gasteiger partial charge in [0, 0.05) is 18.1 Å². The van der Waals surface area contributed by atoms with Gasteiger partial charge in [0.25, 0.3) is 0 Å². The summed E-state index contributed by atoms with van der Waals surface area (Å²) in [6, 6.07) is 4.18. The van der Waals surface area contributed by atoms with Gasteiger partial charge in [-0.3, -0.25) is 4.79 Å². The molecule has 0 unspecified atom stereocenters. The Balaban J connectivity index is 2.84. The fourth-order valence-corrected chi connectivity index (χ4v) is 1.12. The molecule has 0 aromatic heterocycles. The van der Waals surface area contributed by atoms with E-state index in [0.29, 0.717) is 11.3 Å². The topological polar surface area (TPSA) is 52.3 Å². The average molecular weight is 209 g/mol. The van der Waals surface area contributed by atoms with Crippen molar-refractivity contribution in [2.75, 3.05) is 7.11 Å². The number of carbonyl (C=O) groups is 1. The number of hydrogen-bond donors (Lipinski definition) is 1. The van der Waals surface area contributed by atoms with Gasteiger partial charge in [0.15, 0.2) is 0 Å². The normalized spacial score (nSPS) is 10.5. The number of ether oxygens (including phenoxy) is 1. The van der Waals surface area contributed by atoms with Gasteiger partial charge in [0.2, 0.25) is 5.91 Å². The van der Waals surface area contributed by atoms with E-state index in [0.717, 1.165) is 0 Å². The van der Waals surface area contributed by atoms with Crippen LogP contribution in [0.25, 0.3) is 6.08 Å². The Morgan fingerprint density at radius 2 is 2.33 bits per heavy atom. The molecule has 15 heavy (non-hydrogen) atoms. The lowest BCUT2D eigenvalue weighted by molar-refractivity contribution is -0.117. The first kappa shape index (κ1) is 11.2. The lowest BCUT2D eigenvalue weighted by Crippen LogP contribution is -2.07. The minimum Gasteiger partial charge on any atom is -0.496 e. The maximum Gasteiger partial charge on any atom is 0.221 e. The number of rotatable bonds is 4. The van der Waals surface area contributed by atoms with Crippen molar-refractivity contribution < 1.29 is 13.9 Å². The first-order chi connectivity index (χ1) is 7.13. The molecule has 0 fully saturated rings. The summed E-state index contributed by atoms with van der Waals surface area (Å²) in [5.41, 5.74) is 5.68. The predicted octanol–water partition coefficient (Wildman–Crippen LogP) is 1.72. The second-order valence-corrected chi connectivity index (χ2v) is 2.96. The third-order valence-electron chi connectivity index (χ3n) is 1.81. The second kappa shape index (κ2) is 5.14. The fourth-order valence-electron chi connectivity index (χ4n) is 1.12.